The maximum absolute atomic E-state index is 13.2. The SMILES string of the molecule is [C-]#[N+]c1cn(C(CCC)CCC)c2cccc(-c3ccc(C)cc3C)c2c1=O. The van der Waals surface area contributed by atoms with Crippen LogP contribution in [-0.4, -0.2) is 4.57 Å². The van der Waals surface area contributed by atoms with Gasteiger partial charge in [0.2, 0.25) is 5.69 Å². The van der Waals surface area contributed by atoms with E-state index >= 15 is 0 Å². The van der Waals surface area contributed by atoms with Crippen LogP contribution < -0.4 is 5.43 Å². The second kappa shape index (κ2) is 8.44. The molecule has 0 aliphatic heterocycles. The fraction of sp³-hybridized carbons (Fsp3) is 0.360. The van der Waals surface area contributed by atoms with E-state index in [0.29, 0.717) is 11.4 Å². The number of fused-ring (bicyclic) bond motifs is 1. The lowest BCUT2D eigenvalue weighted by Gasteiger charge is -2.23. The van der Waals surface area contributed by atoms with Crippen LogP contribution in [0.5, 0.6) is 0 Å². The van der Waals surface area contributed by atoms with Crippen molar-refractivity contribution in [2.24, 2.45) is 0 Å². The summed E-state index contributed by atoms with van der Waals surface area (Å²) < 4.78 is 2.18. The van der Waals surface area contributed by atoms with Crippen LogP contribution in [0.1, 0.15) is 56.7 Å². The quantitative estimate of drug-likeness (QED) is 0.429. The molecule has 1 aromatic heterocycles. The predicted molar refractivity (Wildman–Crippen MR) is 118 cm³/mol. The molecule has 3 rings (SSSR count). The summed E-state index contributed by atoms with van der Waals surface area (Å²) in [4.78, 5) is 16.8. The van der Waals surface area contributed by atoms with E-state index < -0.39 is 0 Å². The lowest BCUT2D eigenvalue weighted by Crippen LogP contribution is -2.15. The molecule has 0 aliphatic rings. The van der Waals surface area contributed by atoms with Crippen LogP contribution in [0.4, 0.5) is 5.69 Å². The van der Waals surface area contributed by atoms with E-state index in [1.807, 2.05) is 18.2 Å². The average Bonchev–Trinajstić information content (AvgIpc) is 2.68. The first kappa shape index (κ1) is 19.9. The molecular formula is C25H28N2O. The average molecular weight is 373 g/mol. The normalized spacial score (nSPS) is 11.1. The Morgan fingerprint density at radius 2 is 1.75 bits per heavy atom. The van der Waals surface area contributed by atoms with Crippen LogP contribution in [0.3, 0.4) is 0 Å². The first-order valence-corrected chi connectivity index (χ1v) is 10.1. The number of benzene rings is 2. The number of rotatable bonds is 6. The summed E-state index contributed by atoms with van der Waals surface area (Å²) >= 11 is 0. The van der Waals surface area contributed by atoms with Gasteiger partial charge in [0.05, 0.1) is 12.1 Å². The van der Waals surface area contributed by atoms with Crippen LogP contribution in [0.2, 0.25) is 0 Å². The van der Waals surface area contributed by atoms with Gasteiger partial charge in [-0.2, -0.15) is 0 Å². The van der Waals surface area contributed by atoms with Crippen molar-refractivity contribution in [3.05, 3.63) is 75.4 Å². The van der Waals surface area contributed by atoms with Gasteiger partial charge >= 0.3 is 0 Å². The van der Waals surface area contributed by atoms with E-state index in [9.17, 15) is 4.79 Å². The van der Waals surface area contributed by atoms with Gasteiger partial charge in [-0.25, -0.2) is 4.85 Å². The molecule has 0 aliphatic carbocycles. The van der Waals surface area contributed by atoms with Crippen molar-refractivity contribution in [3.63, 3.8) is 0 Å². The van der Waals surface area contributed by atoms with E-state index in [0.717, 1.165) is 47.9 Å². The molecule has 1 heterocycles. The minimum atomic E-state index is -0.163. The summed E-state index contributed by atoms with van der Waals surface area (Å²) in [7, 11) is 0. The topological polar surface area (TPSA) is 26.4 Å². The third-order valence-electron chi connectivity index (χ3n) is 5.47. The highest BCUT2D eigenvalue weighted by Crippen LogP contribution is 2.33. The largest absolute Gasteiger partial charge is 0.354 e. The van der Waals surface area contributed by atoms with Gasteiger partial charge in [0.25, 0.3) is 0 Å². The zero-order valence-corrected chi connectivity index (χ0v) is 17.2. The Balaban J connectivity index is 2.39. The Hall–Kier alpha value is -2.86. The molecule has 0 saturated heterocycles. The second-order valence-corrected chi connectivity index (χ2v) is 7.61. The van der Waals surface area contributed by atoms with Crippen molar-refractivity contribution < 1.29 is 0 Å². The summed E-state index contributed by atoms with van der Waals surface area (Å²) in [6, 6.07) is 12.7. The number of pyridine rings is 1. The zero-order chi connectivity index (χ0) is 20.3. The molecule has 0 spiro atoms. The molecule has 3 heteroatoms. The van der Waals surface area contributed by atoms with Crippen LogP contribution in [0, 0.1) is 20.4 Å². The highest BCUT2D eigenvalue weighted by atomic mass is 16.1. The van der Waals surface area contributed by atoms with Gasteiger partial charge in [0.15, 0.2) is 5.43 Å². The third kappa shape index (κ3) is 3.60. The minimum Gasteiger partial charge on any atom is -0.354 e. The molecule has 2 aromatic carbocycles. The summed E-state index contributed by atoms with van der Waals surface area (Å²) in [5, 5.41) is 0.667. The van der Waals surface area contributed by atoms with Crippen molar-refractivity contribution in [1.82, 2.24) is 4.57 Å². The summed E-state index contributed by atoms with van der Waals surface area (Å²) in [5.74, 6) is 0. The predicted octanol–water partition coefficient (Wildman–Crippen LogP) is 6.98. The van der Waals surface area contributed by atoms with E-state index in [-0.39, 0.29) is 11.1 Å². The third-order valence-corrected chi connectivity index (χ3v) is 5.47. The lowest BCUT2D eigenvalue weighted by molar-refractivity contribution is 0.436. The molecule has 0 atom stereocenters. The van der Waals surface area contributed by atoms with Gasteiger partial charge < -0.3 is 9.36 Å². The van der Waals surface area contributed by atoms with Gasteiger partial charge in [-0.15, -0.1) is 0 Å². The summed E-state index contributed by atoms with van der Waals surface area (Å²) in [6.07, 6.45) is 6.00. The van der Waals surface area contributed by atoms with Gasteiger partial charge in [-0.05, 0) is 49.4 Å². The molecule has 0 radical (unpaired) electrons. The Morgan fingerprint density at radius 1 is 1.04 bits per heavy atom. The molecule has 0 bridgehead atoms. The Morgan fingerprint density at radius 3 is 2.36 bits per heavy atom. The van der Waals surface area contributed by atoms with E-state index in [1.165, 1.54) is 5.56 Å². The van der Waals surface area contributed by atoms with Crippen LogP contribution in [-0.2, 0) is 0 Å². The number of hydrogen-bond acceptors (Lipinski definition) is 1. The van der Waals surface area contributed by atoms with Crippen molar-refractivity contribution in [2.45, 2.75) is 59.4 Å². The Kier molecular flexibility index (Phi) is 5.99. The van der Waals surface area contributed by atoms with Crippen LogP contribution in [0.25, 0.3) is 26.9 Å². The molecule has 3 nitrogen and oxygen atoms in total. The standard InChI is InChI=1S/C25H28N2O/c1-6-9-19(10-7-2)27-16-22(26-5)25(28)24-21(11-8-12-23(24)27)20-14-13-17(3)15-18(20)4/h8,11-16,19H,6-7,9-10H2,1-4H3. The minimum absolute atomic E-state index is 0.163. The lowest BCUT2D eigenvalue weighted by atomic mass is 9.94. The number of aromatic nitrogens is 1. The monoisotopic (exact) mass is 372 g/mol. The van der Waals surface area contributed by atoms with Crippen LogP contribution >= 0.6 is 0 Å². The van der Waals surface area contributed by atoms with Gasteiger partial charge in [0, 0.05) is 17.6 Å². The number of hydrogen-bond donors (Lipinski definition) is 0. The molecule has 28 heavy (non-hydrogen) atoms. The Bertz CT molecular complexity index is 1100. The van der Waals surface area contributed by atoms with Gasteiger partial charge in [-0.1, -0.05) is 62.6 Å². The van der Waals surface area contributed by atoms with Crippen molar-refractivity contribution in [1.29, 1.82) is 0 Å². The zero-order valence-electron chi connectivity index (χ0n) is 17.2. The molecule has 144 valence electrons. The smallest absolute Gasteiger partial charge is 0.249 e. The fourth-order valence-electron chi connectivity index (χ4n) is 4.19. The van der Waals surface area contributed by atoms with Crippen LogP contribution in [0.15, 0.2) is 47.4 Å². The first-order valence-electron chi connectivity index (χ1n) is 10.1. The summed E-state index contributed by atoms with van der Waals surface area (Å²) in [5.41, 5.74) is 5.31. The number of aryl methyl sites for hydroxylation is 2. The van der Waals surface area contributed by atoms with Gasteiger partial charge in [0.1, 0.15) is 0 Å². The van der Waals surface area contributed by atoms with Gasteiger partial charge in [-0.3, -0.25) is 0 Å². The highest BCUT2D eigenvalue weighted by molar-refractivity contribution is 5.97. The fourth-order valence-corrected chi connectivity index (χ4v) is 4.19. The van der Waals surface area contributed by atoms with Crippen molar-refractivity contribution >= 4 is 16.6 Å². The first-order chi connectivity index (χ1) is 13.5. The maximum atomic E-state index is 13.2. The Labute approximate surface area is 167 Å². The molecule has 0 N–H and O–H groups in total. The van der Waals surface area contributed by atoms with E-state index in [4.69, 9.17) is 6.57 Å². The molecule has 0 unspecified atom stereocenters. The summed E-state index contributed by atoms with van der Waals surface area (Å²) in [6.45, 7) is 16.1. The van der Waals surface area contributed by atoms with E-state index in [1.54, 1.807) is 6.20 Å². The van der Waals surface area contributed by atoms with E-state index in [2.05, 4.69) is 55.3 Å². The van der Waals surface area contributed by atoms with Crippen molar-refractivity contribution in [3.8, 4) is 11.1 Å². The molecular weight excluding hydrogens is 344 g/mol. The molecule has 3 aromatic rings. The molecule has 0 saturated carbocycles. The maximum Gasteiger partial charge on any atom is 0.249 e. The number of nitrogens with zero attached hydrogens (tertiary/aromatic N) is 2. The highest BCUT2D eigenvalue weighted by Gasteiger charge is 2.18. The molecule has 0 amide bonds. The second-order valence-electron chi connectivity index (χ2n) is 7.61. The molecule has 0 fully saturated rings. The van der Waals surface area contributed by atoms with Crippen molar-refractivity contribution in [2.75, 3.05) is 0 Å².